The minimum atomic E-state index is -0.463. The van der Waals surface area contributed by atoms with E-state index in [9.17, 15) is 10.1 Å². The van der Waals surface area contributed by atoms with Crippen LogP contribution in [0.5, 0.6) is 0 Å². The molecule has 1 atom stereocenters. The van der Waals surface area contributed by atoms with Crippen molar-refractivity contribution in [1.82, 2.24) is 15.2 Å². The van der Waals surface area contributed by atoms with Crippen LogP contribution >= 0.6 is 24.0 Å². The molecule has 1 N–H and O–H groups in total. The molecule has 128 valence electrons. The molecule has 6 nitrogen and oxygen atoms in total. The van der Waals surface area contributed by atoms with Crippen LogP contribution in [0.4, 0.5) is 5.69 Å². The molecule has 0 saturated carbocycles. The molecule has 3 rings (SSSR count). The highest BCUT2D eigenvalue weighted by Crippen LogP contribution is 2.28. The molecule has 1 unspecified atom stereocenters. The van der Waals surface area contributed by atoms with E-state index in [0.717, 1.165) is 30.8 Å². The molecule has 0 radical (unpaired) electrons. The molecule has 1 aromatic carbocycles. The fraction of sp³-hybridized carbons (Fsp3) is 0.312. The number of piperazine rings is 1. The van der Waals surface area contributed by atoms with E-state index in [1.807, 2.05) is 12.3 Å². The van der Waals surface area contributed by atoms with Crippen molar-refractivity contribution in [2.45, 2.75) is 12.6 Å². The SMILES string of the molecule is Cl.O=[N+]([O-])c1ccc(CN2CCNCC2c2cccnc2)cc1Cl. The van der Waals surface area contributed by atoms with Gasteiger partial charge in [-0.15, -0.1) is 12.4 Å². The van der Waals surface area contributed by atoms with E-state index in [2.05, 4.69) is 21.3 Å². The molecule has 1 aromatic heterocycles. The Morgan fingerprint density at radius 2 is 2.25 bits per heavy atom. The lowest BCUT2D eigenvalue weighted by Gasteiger charge is -2.36. The van der Waals surface area contributed by atoms with Gasteiger partial charge in [-0.3, -0.25) is 20.0 Å². The van der Waals surface area contributed by atoms with Crippen molar-refractivity contribution in [3.8, 4) is 0 Å². The number of nitrogens with zero attached hydrogens (tertiary/aromatic N) is 3. The van der Waals surface area contributed by atoms with Crippen molar-refractivity contribution in [1.29, 1.82) is 0 Å². The first-order valence-electron chi connectivity index (χ1n) is 7.42. The molecule has 1 saturated heterocycles. The normalized spacial score (nSPS) is 18.0. The van der Waals surface area contributed by atoms with E-state index in [0.29, 0.717) is 6.54 Å². The number of halogens is 2. The number of benzene rings is 1. The van der Waals surface area contributed by atoms with Gasteiger partial charge in [0.25, 0.3) is 5.69 Å². The van der Waals surface area contributed by atoms with Gasteiger partial charge in [0.05, 0.1) is 4.92 Å². The zero-order valence-electron chi connectivity index (χ0n) is 12.9. The molecule has 2 aromatic rings. The Bertz CT molecular complexity index is 700. The fourth-order valence-electron chi connectivity index (χ4n) is 2.87. The zero-order valence-corrected chi connectivity index (χ0v) is 14.5. The average Bonchev–Trinajstić information content (AvgIpc) is 2.56. The summed E-state index contributed by atoms with van der Waals surface area (Å²) >= 11 is 6.01. The zero-order chi connectivity index (χ0) is 16.2. The van der Waals surface area contributed by atoms with E-state index in [-0.39, 0.29) is 29.2 Å². The Labute approximate surface area is 151 Å². The Hall–Kier alpha value is -1.73. The molecular weight excluding hydrogens is 351 g/mol. The van der Waals surface area contributed by atoms with Crippen LogP contribution in [0.2, 0.25) is 5.02 Å². The van der Waals surface area contributed by atoms with E-state index in [4.69, 9.17) is 11.6 Å². The molecule has 0 spiro atoms. The van der Waals surface area contributed by atoms with Crippen LogP contribution in [0.25, 0.3) is 0 Å². The number of aromatic nitrogens is 1. The minimum absolute atomic E-state index is 0. The average molecular weight is 369 g/mol. The topological polar surface area (TPSA) is 71.3 Å². The molecule has 0 bridgehead atoms. The standard InChI is InChI=1S/C16H17ClN4O2.ClH/c17-14-8-12(3-4-15(14)21(22)23)11-20-7-6-19-10-16(20)13-2-1-5-18-9-13;/h1-5,8-9,16,19H,6-7,10-11H2;1H. The maximum atomic E-state index is 10.9. The molecule has 24 heavy (non-hydrogen) atoms. The van der Waals surface area contributed by atoms with Gasteiger partial charge in [-0.2, -0.15) is 0 Å². The molecule has 0 amide bonds. The quantitative estimate of drug-likeness (QED) is 0.662. The van der Waals surface area contributed by atoms with Gasteiger partial charge in [0, 0.05) is 50.7 Å². The molecule has 1 aliphatic heterocycles. The largest absolute Gasteiger partial charge is 0.314 e. The molecule has 2 heterocycles. The van der Waals surface area contributed by atoms with Gasteiger partial charge in [-0.05, 0) is 23.3 Å². The first-order valence-corrected chi connectivity index (χ1v) is 7.80. The first kappa shape index (κ1) is 18.6. The van der Waals surface area contributed by atoms with Gasteiger partial charge in [-0.1, -0.05) is 23.7 Å². The van der Waals surface area contributed by atoms with Crippen LogP contribution in [0, 0.1) is 10.1 Å². The maximum Gasteiger partial charge on any atom is 0.287 e. The molecule has 1 aliphatic rings. The fourth-order valence-corrected chi connectivity index (χ4v) is 3.14. The van der Waals surface area contributed by atoms with E-state index < -0.39 is 4.92 Å². The Balaban J connectivity index is 0.00000208. The third-order valence-electron chi connectivity index (χ3n) is 4.02. The number of hydrogen-bond acceptors (Lipinski definition) is 5. The second kappa shape index (κ2) is 8.39. The first-order chi connectivity index (χ1) is 11.1. The van der Waals surface area contributed by atoms with Crippen LogP contribution in [-0.2, 0) is 6.54 Å². The second-order valence-corrected chi connectivity index (χ2v) is 5.93. The van der Waals surface area contributed by atoms with Gasteiger partial charge in [0.15, 0.2) is 0 Å². The highest BCUT2D eigenvalue weighted by atomic mass is 35.5. The molecular formula is C16H18Cl2N4O2. The van der Waals surface area contributed by atoms with Crippen molar-refractivity contribution in [2.24, 2.45) is 0 Å². The number of nitro groups is 1. The minimum Gasteiger partial charge on any atom is -0.314 e. The predicted octanol–water partition coefficient (Wildman–Crippen LogP) is 3.21. The Morgan fingerprint density at radius 3 is 2.92 bits per heavy atom. The number of hydrogen-bond donors (Lipinski definition) is 1. The summed E-state index contributed by atoms with van der Waals surface area (Å²) in [6, 6.07) is 9.16. The molecule has 1 fully saturated rings. The van der Waals surface area contributed by atoms with Gasteiger partial charge in [0.1, 0.15) is 5.02 Å². The number of pyridine rings is 1. The van der Waals surface area contributed by atoms with Gasteiger partial charge >= 0.3 is 0 Å². The second-order valence-electron chi connectivity index (χ2n) is 5.52. The van der Waals surface area contributed by atoms with Crippen LogP contribution in [0.1, 0.15) is 17.2 Å². The highest BCUT2D eigenvalue weighted by molar-refractivity contribution is 6.32. The van der Waals surface area contributed by atoms with Crippen molar-refractivity contribution < 1.29 is 4.92 Å². The van der Waals surface area contributed by atoms with Crippen LogP contribution in [0.15, 0.2) is 42.7 Å². The third-order valence-corrected chi connectivity index (χ3v) is 4.32. The Morgan fingerprint density at radius 1 is 1.42 bits per heavy atom. The van der Waals surface area contributed by atoms with Gasteiger partial charge in [0.2, 0.25) is 0 Å². The van der Waals surface area contributed by atoms with Gasteiger partial charge in [-0.25, -0.2) is 0 Å². The lowest BCUT2D eigenvalue weighted by atomic mass is 10.0. The van der Waals surface area contributed by atoms with Crippen molar-refractivity contribution in [2.75, 3.05) is 19.6 Å². The summed E-state index contributed by atoms with van der Waals surface area (Å²) in [6.45, 7) is 3.36. The van der Waals surface area contributed by atoms with E-state index >= 15 is 0 Å². The number of nitro benzene ring substituents is 1. The summed E-state index contributed by atoms with van der Waals surface area (Å²) in [5.74, 6) is 0. The summed E-state index contributed by atoms with van der Waals surface area (Å²) < 4.78 is 0. The molecule has 8 heteroatoms. The summed E-state index contributed by atoms with van der Waals surface area (Å²) in [4.78, 5) is 16.9. The molecule has 0 aliphatic carbocycles. The van der Waals surface area contributed by atoms with Crippen LogP contribution in [-0.4, -0.2) is 34.4 Å². The summed E-state index contributed by atoms with van der Waals surface area (Å²) in [5, 5.41) is 14.4. The smallest absolute Gasteiger partial charge is 0.287 e. The van der Waals surface area contributed by atoms with E-state index in [1.165, 1.54) is 6.07 Å². The van der Waals surface area contributed by atoms with E-state index in [1.54, 1.807) is 18.3 Å². The summed E-state index contributed by atoms with van der Waals surface area (Å²) in [7, 11) is 0. The number of rotatable bonds is 4. The van der Waals surface area contributed by atoms with Crippen molar-refractivity contribution >= 4 is 29.7 Å². The number of nitrogens with one attached hydrogen (secondary N) is 1. The Kier molecular flexibility index (Phi) is 6.51. The maximum absolute atomic E-state index is 10.9. The van der Waals surface area contributed by atoms with Crippen molar-refractivity contribution in [3.05, 3.63) is 69.0 Å². The lowest BCUT2D eigenvalue weighted by molar-refractivity contribution is -0.384. The van der Waals surface area contributed by atoms with Crippen LogP contribution < -0.4 is 5.32 Å². The summed E-state index contributed by atoms with van der Waals surface area (Å²) in [5.41, 5.74) is 2.07. The predicted molar refractivity (Wildman–Crippen MR) is 95.6 cm³/mol. The summed E-state index contributed by atoms with van der Waals surface area (Å²) in [6.07, 6.45) is 3.65. The monoisotopic (exact) mass is 368 g/mol. The highest BCUT2D eigenvalue weighted by Gasteiger charge is 2.24. The van der Waals surface area contributed by atoms with Crippen molar-refractivity contribution in [3.63, 3.8) is 0 Å². The van der Waals surface area contributed by atoms with Gasteiger partial charge < -0.3 is 5.32 Å². The van der Waals surface area contributed by atoms with Crippen LogP contribution in [0.3, 0.4) is 0 Å². The third kappa shape index (κ3) is 4.21. The lowest BCUT2D eigenvalue weighted by Crippen LogP contribution is -2.45.